The number of amides is 1. The molecule has 1 amide bonds. The molecule has 0 saturated carbocycles. The van der Waals surface area contributed by atoms with Crippen molar-refractivity contribution in [3.05, 3.63) is 24.3 Å². The topological polar surface area (TPSA) is 95.9 Å². The maximum atomic E-state index is 12.5. The number of hydrogen-bond acceptors (Lipinski definition) is 5. The molecule has 0 heterocycles. The minimum Gasteiger partial charge on any atom is -0.466 e. The van der Waals surface area contributed by atoms with Crippen LogP contribution in [-0.2, 0) is 14.3 Å². The minimum atomic E-state index is -0.840. The molecule has 522 valence electrons. The molecule has 0 bridgehead atoms. The summed E-state index contributed by atoms with van der Waals surface area (Å²) in [6.45, 7) is 4.95. The van der Waals surface area contributed by atoms with Crippen LogP contribution in [0.3, 0.4) is 0 Å². The number of allylic oxidation sites excluding steroid dienone is 3. The Kier molecular flexibility index (Phi) is 76.3. The number of hydrogen-bond donors (Lipinski definition) is 3. The zero-order valence-electron chi connectivity index (χ0n) is 60.0. The Hall–Kier alpha value is -1.66. The molecular formula is C82H159NO5. The summed E-state index contributed by atoms with van der Waals surface area (Å²) in [6.07, 6.45) is 100. The Morgan fingerprint density at radius 1 is 0.307 bits per heavy atom. The van der Waals surface area contributed by atoms with Crippen LogP contribution in [0.15, 0.2) is 24.3 Å². The Morgan fingerprint density at radius 2 is 0.534 bits per heavy atom. The van der Waals surface area contributed by atoms with Crippen LogP contribution in [0.1, 0.15) is 463 Å². The number of unbranched alkanes of at least 4 members (excludes halogenated alkanes) is 64. The van der Waals surface area contributed by atoms with E-state index in [2.05, 4.69) is 31.3 Å². The SMILES string of the molecule is CCCCCCCCCCCCC/C=C/C(O)C(CO)NC(=O)CCCCCCCCCCCCCCCCCCC/C=C\CCCCCCCCCCCCCCCCCCCCOC(=O)CCCCCCCCCCCCCCCCCCCCC. The van der Waals surface area contributed by atoms with Crippen molar-refractivity contribution in [3.63, 3.8) is 0 Å². The van der Waals surface area contributed by atoms with Crippen molar-refractivity contribution in [2.24, 2.45) is 0 Å². The maximum Gasteiger partial charge on any atom is 0.305 e. The van der Waals surface area contributed by atoms with Crippen molar-refractivity contribution in [2.45, 2.75) is 475 Å². The number of aliphatic hydroxyl groups excluding tert-OH is 2. The van der Waals surface area contributed by atoms with E-state index in [9.17, 15) is 19.8 Å². The molecule has 2 unspecified atom stereocenters. The number of rotatable bonds is 77. The number of esters is 1. The molecule has 0 aromatic rings. The summed E-state index contributed by atoms with van der Waals surface area (Å²) in [5.41, 5.74) is 0. The fourth-order valence-corrected chi connectivity index (χ4v) is 13.0. The molecule has 0 aliphatic heterocycles. The van der Waals surface area contributed by atoms with Crippen LogP contribution in [0.5, 0.6) is 0 Å². The number of carbonyl (C=O) groups excluding carboxylic acids is 2. The summed E-state index contributed by atoms with van der Waals surface area (Å²) in [6, 6.07) is -0.623. The maximum absolute atomic E-state index is 12.5. The monoisotopic (exact) mass is 1240 g/mol. The second kappa shape index (κ2) is 77.8. The van der Waals surface area contributed by atoms with E-state index in [0.29, 0.717) is 19.4 Å². The lowest BCUT2D eigenvalue weighted by Gasteiger charge is -2.20. The predicted molar refractivity (Wildman–Crippen MR) is 389 cm³/mol. The lowest BCUT2D eigenvalue weighted by atomic mass is 10.0. The molecular weight excluding hydrogens is 1080 g/mol. The molecule has 6 nitrogen and oxygen atoms in total. The van der Waals surface area contributed by atoms with Gasteiger partial charge in [0.15, 0.2) is 0 Å². The van der Waals surface area contributed by atoms with Crippen molar-refractivity contribution < 1.29 is 24.5 Å². The summed E-state index contributed by atoms with van der Waals surface area (Å²) in [5.74, 6) is -0.0334. The molecule has 6 heteroatoms. The van der Waals surface area contributed by atoms with Gasteiger partial charge in [0.2, 0.25) is 5.91 Å². The molecule has 88 heavy (non-hydrogen) atoms. The van der Waals surface area contributed by atoms with Gasteiger partial charge in [0.05, 0.1) is 25.4 Å². The Morgan fingerprint density at radius 3 is 0.807 bits per heavy atom. The summed E-state index contributed by atoms with van der Waals surface area (Å²) in [7, 11) is 0. The minimum absolute atomic E-state index is 0.0281. The van der Waals surface area contributed by atoms with Gasteiger partial charge in [-0.2, -0.15) is 0 Å². The summed E-state index contributed by atoms with van der Waals surface area (Å²) >= 11 is 0. The molecule has 0 spiro atoms. The van der Waals surface area contributed by atoms with Gasteiger partial charge in [-0.15, -0.1) is 0 Å². The van der Waals surface area contributed by atoms with Crippen molar-refractivity contribution >= 4 is 11.9 Å². The van der Waals surface area contributed by atoms with E-state index in [-0.39, 0.29) is 18.5 Å². The molecule has 0 aliphatic carbocycles. The Labute approximate surface area is 551 Å². The quantitative estimate of drug-likeness (QED) is 0.0320. The predicted octanol–water partition coefficient (Wildman–Crippen LogP) is 26.8. The van der Waals surface area contributed by atoms with Crippen LogP contribution >= 0.6 is 0 Å². The molecule has 0 radical (unpaired) electrons. The van der Waals surface area contributed by atoms with Gasteiger partial charge in [0.1, 0.15) is 0 Å². The molecule has 0 aliphatic rings. The molecule has 0 rings (SSSR count). The summed E-state index contributed by atoms with van der Waals surface area (Å²) in [4.78, 5) is 24.6. The van der Waals surface area contributed by atoms with Crippen LogP contribution in [0.2, 0.25) is 0 Å². The number of aliphatic hydroxyl groups is 2. The first-order valence-electron chi connectivity index (χ1n) is 40.6. The van der Waals surface area contributed by atoms with Gasteiger partial charge in [-0.3, -0.25) is 9.59 Å². The van der Waals surface area contributed by atoms with E-state index >= 15 is 0 Å². The first-order valence-corrected chi connectivity index (χ1v) is 40.6. The normalized spacial score (nSPS) is 12.5. The van der Waals surface area contributed by atoms with Gasteiger partial charge in [-0.05, 0) is 57.8 Å². The van der Waals surface area contributed by atoms with E-state index in [1.165, 1.54) is 398 Å². The molecule has 0 fully saturated rings. The zero-order valence-corrected chi connectivity index (χ0v) is 60.0. The summed E-state index contributed by atoms with van der Waals surface area (Å²) < 4.78 is 5.52. The van der Waals surface area contributed by atoms with Crippen molar-refractivity contribution in [3.8, 4) is 0 Å². The fourth-order valence-electron chi connectivity index (χ4n) is 13.0. The highest BCUT2D eigenvalue weighted by Gasteiger charge is 2.18. The van der Waals surface area contributed by atoms with Gasteiger partial charge >= 0.3 is 5.97 Å². The van der Waals surface area contributed by atoms with Crippen LogP contribution in [0, 0.1) is 0 Å². The van der Waals surface area contributed by atoms with Crippen LogP contribution in [0.4, 0.5) is 0 Å². The molecule has 3 N–H and O–H groups in total. The summed E-state index contributed by atoms with van der Waals surface area (Å²) in [5, 5.41) is 23.1. The van der Waals surface area contributed by atoms with Gasteiger partial charge in [0.25, 0.3) is 0 Å². The average Bonchev–Trinajstić information content (AvgIpc) is 3.58. The van der Waals surface area contributed by atoms with Crippen LogP contribution < -0.4 is 5.32 Å². The van der Waals surface area contributed by atoms with E-state index < -0.39 is 12.1 Å². The first kappa shape index (κ1) is 86.3. The Balaban J connectivity index is 3.30. The van der Waals surface area contributed by atoms with E-state index in [1.54, 1.807) is 6.08 Å². The average molecular weight is 1240 g/mol. The van der Waals surface area contributed by atoms with E-state index in [4.69, 9.17) is 4.74 Å². The van der Waals surface area contributed by atoms with E-state index in [1.807, 2.05) is 6.08 Å². The number of carbonyl (C=O) groups is 2. The van der Waals surface area contributed by atoms with Gasteiger partial charge in [-0.1, -0.05) is 417 Å². The second-order valence-corrected chi connectivity index (χ2v) is 28.1. The van der Waals surface area contributed by atoms with Gasteiger partial charge in [0, 0.05) is 12.8 Å². The highest BCUT2D eigenvalue weighted by atomic mass is 16.5. The fraction of sp³-hybridized carbons (Fsp3) is 0.927. The highest BCUT2D eigenvalue weighted by molar-refractivity contribution is 5.76. The number of ether oxygens (including phenoxy) is 1. The third-order valence-electron chi connectivity index (χ3n) is 19.2. The smallest absolute Gasteiger partial charge is 0.305 e. The van der Waals surface area contributed by atoms with Gasteiger partial charge < -0.3 is 20.3 Å². The molecule has 0 aromatic carbocycles. The standard InChI is InChI=1S/C82H159NO5/c1-3-5-7-9-11-13-15-17-18-19-41-45-48-52-56-60-64-68-72-76-82(87)88-77-73-69-65-61-57-53-49-46-43-40-38-36-34-32-30-28-26-24-22-20-21-23-25-27-29-31-33-35-37-39-42-44-47-51-55-59-63-67-71-75-81(86)83-79(78-84)80(85)74-70-66-62-58-54-50-16-14-12-10-8-6-4-2/h20-21,70,74,79-80,84-85H,3-19,22-69,71-73,75-78H2,1-2H3,(H,83,86)/b21-20-,74-70+. The third-order valence-corrected chi connectivity index (χ3v) is 19.2. The molecule has 2 atom stereocenters. The largest absolute Gasteiger partial charge is 0.466 e. The second-order valence-electron chi connectivity index (χ2n) is 28.1. The lowest BCUT2D eigenvalue weighted by molar-refractivity contribution is -0.143. The van der Waals surface area contributed by atoms with Crippen molar-refractivity contribution in [2.75, 3.05) is 13.2 Å². The van der Waals surface area contributed by atoms with Crippen molar-refractivity contribution in [1.82, 2.24) is 5.32 Å². The van der Waals surface area contributed by atoms with Crippen LogP contribution in [-0.4, -0.2) is 47.4 Å². The molecule has 0 aromatic heterocycles. The first-order chi connectivity index (χ1) is 43.5. The van der Waals surface area contributed by atoms with Crippen LogP contribution in [0.25, 0.3) is 0 Å². The van der Waals surface area contributed by atoms with E-state index in [0.717, 1.165) is 38.5 Å². The molecule has 0 saturated heterocycles. The van der Waals surface area contributed by atoms with Gasteiger partial charge in [-0.25, -0.2) is 0 Å². The highest BCUT2D eigenvalue weighted by Crippen LogP contribution is 2.20. The van der Waals surface area contributed by atoms with Crippen molar-refractivity contribution in [1.29, 1.82) is 0 Å². The zero-order chi connectivity index (χ0) is 63.5. The lowest BCUT2D eigenvalue weighted by Crippen LogP contribution is -2.45. The third kappa shape index (κ3) is 73.4. The Bertz CT molecular complexity index is 1380. The number of nitrogens with one attached hydrogen (secondary N) is 1.